The average molecular weight is 311 g/mol. The Morgan fingerprint density at radius 2 is 2.39 bits per heavy atom. The van der Waals surface area contributed by atoms with Crippen molar-refractivity contribution in [3.8, 4) is 5.69 Å². The van der Waals surface area contributed by atoms with Crippen LogP contribution in [0.15, 0.2) is 35.3 Å². The van der Waals surface area contributed by atoms with Crippen LogP contribution < -0.4 is 5.32 Å². The normalized spacial score (nSPS) is 10.3. The number of ether oxygens (including phenoxy) is 1. The lowest BCUT2D eigenvalue weighted by Gasteiger charge is -2.11. The number of nitrogens with zero attached hydrogens (tertiary/aromatic N) is 3. The zero-order chi connectivity index (χ0) is 13.0. The second-order valence-electron chi connectivity index (χ2n) is 3.48. The van der Waals surface area contributed by atoms with Crippen LogP contribution in [0.3, 0.4) is 0 Å². The summed E-state index contributed by atoms with van der Waals surface area (Å²) in [4.78, 5) is 15.4. The fraction of sp³-hybridized carbons (Fsp3) is 0.182. The first-order valence-electron chi connectivity index (χ1n) is 5.14. The van der Waals surface area contributed by atoms with E-state index in [4.69, 9.17) is 4.74 Å². The van der Waals surface area contributed by atoms with Gasteiger partial charge in [-0.2, -0.15) is 5.10 Å². The number of hydrogen-bond acceptors (Lipinski definition) is 4. The molecule has 2 aromatic rings. The van der Waals surface area contributed by atoms with Gasteiger partial charge >= 0.3 is 0 Å². The number of carbonyl (C=O) groups excluding carboxylic acids is 1. The quantitative estimate of drug-likeness (QED) is 0.931. The fourth-order valence-electron chi connectivity index (χ4n) is 1.46. The number of benzene rings is 1. The summed E-state index contributed by atoms with van der Waals surface area (Å²) in [5.41, 5.74) is 1.37. The summed E-state index contributed by atoms with van der Waals surface area (Å²) in [6, 6.07) is 5.49. The number of rotatable bonds is 4. The van der Waals surface area contributed by atoms with Crippen LogP contribution in [0.5, 0.6) is 0 Å². The van der Waals surface area contributed by atoms with Crippen molar-refractivity contribution in [3.63, 3.8) is 0 Å². The molecule has 0 unspecified atom stereocenters. The Hall–Kier alpha value is -1.73. The van der Waals surface area contributed by atoms with Crippen molar-refractivity contribution < 1.29 is 9.53 Å². The first kappa shape index (κ1) is 12.7. The molecule has 1 aromatic heterocycles. The van der Waals surface area contributed by atoms with Crippen LogP contribution in [0, 0.1) is 0 Å². The van der Waals surface area contributed by atoms with Crippen molar-refractivity contribution in [2.45, 2.75) is 0 Å². The summed E-state index contributed by atoms with van der Waals surface area (Å²) < 4.78 is 7.22. The predicted molar refractivity (Wildman–Crippen MR) is 69.6 cm³/mol. The average Bonchev–Trinajstić information content (AvgIpc) is 2.83. The second kappa shape index (κ2) is 5.74. The van der Waals surface area contributed by atoms with E-state index in [1.54, 1.807) is 17.1 Å². The van der Waals surface area contributed by atoms with Crippen LogP contribution in [-0.2, 0) is 9.53 Å². The van der Waals surface area contributed by atoms with E-state index < -0.39 is 0 Å². The monoisotopic (exact) mass is 310 g/mol. The van der Waals surface area contributed by atoms with Crippen LogP contribution >= 0.6 is 15.9 Å². The van der Waals surface area contributed by atoms with Crippen molar-refractivity contribution in [2.75, 3.05) is 19.0 Å². The number of hydrogen-bond donors (Lipinski definition) is 1. The first-order valence-corrected chi connectivity index (χ1v) is 5.93. The summed E-state index contributed by atoms with van der Waals surface area (Å²) in [6.07, 6.45) is 3.00. The Balaban J connectivity index is 2.32. The third-order valence-electron chi connectivity index (χ3n) is 2.17. The summed E-state index contributed by atoms with van der Waals surface area (Å²) in [6.45, 7) is 0.00328. The zero-order valence-corrected chi connectivity index (χ0v) is 11.2. The third-order valence-corrected chi connectivity index (χ3v) is 2.67. The Kier molecular flexibility index (Phi) is 4.06. The fourth-order valence-corrected chi connectivity index (χ4v) is 1.82. The van der Waals surface area contributed by atoms with Gasteiger partial charge < -0.3 is 10.1 Å². The maximum absolute atomic E-state index is 11.5. The van der Waals surface area contributed by atoms with E-state index >= 15 is 0 Å². The van der Waals surface area contributed by atoms with Gasteiger partial charge in [-0.1, -0.05) is 15.9 Å². The van der Waals surface area contributed by atoms with E-state index in [1.165, 1.54) is 13.4 Å². The molecule has 18 heavy (non-hydrogen) atoms. The second-order valence-corrected chi connectivity index (χ2v) is 4.40. The minimum Gasteiger partial charge on any atom is -0.375 e. The summed E-state index contributed by atoms with van der Waals surface area (Å²) >= 11 is 3.36. The molecule has 1 amide bonds. The topological polar surface area (TPSA) is 69.0 Å². The molecule has 1 heterocycles. The molecule has 7 heteroatoms. The highest BCUT2D eigenvalue weighted by Gasteiger charge is 2.09. The number of amides is 1. The van der Waals surface area contributed by atoms with Crippen LogP contribution in [0.2, 0.25) is 0 Å². The summed E-state index contributed by atoms with van der Waals surface area (Å²) in [5.74, 6) is -0.225. The van der Waals surface area contributed by atoms with Crippen LogP contribution in [-0.4, -0.2) is 34.4 Å². The number of halogens is 1. The molecule has 0 aliphatic rings. The number of nitrogens with one attached hydrogen (secondary N) is 1. The first-order chi connectivity index (χ1) is 8.70. The Morgan fingerprint density at radius 3 is 3.06 bits per heavy atom. The Bertz CT molecular complexity index is 542. The molecule has 0 spiro atoms. The van der Waals surface area contributed by atoms with E-state index in [0.717, 1.165) is 10.2 Å². The lowest BCUT2D eigenvalue weighted by atomic mass is 10.2. The molecule has 0 aliphatic carbocycles. The van der Waals surface area contributed by atoms with Crippen LogP contribution in [0.1, 0.15) is 0 Å². The van der Waals surface area contributed by atoms with Gasteiger partial charge in [-0.05, 0) is 18.2 Å². The van der Waals surface area contributed by atoms with Crippen LogP contribution in [0.25, 0.3) is 5.69 Å². The van der Waals surface area contributed by atoms with Gasteiger partial charge in [-0.25, -0.2) is 9.67 Å². The molecule has 0 aliphatic heterocycles. The van der Waals surface area contributed by atoms with Crippen LogP contribution in [0.4, 0.5) is 5.69 Å². The molecule has 0 atom stereocenters. The molecule has 0 bridgehead atoms. The lowest BCUT2D eigenvalue weighted by Crippen LogP contribution is -2.18. The van der Waals surface area contributed by atoms with Crippen molar-refractivity contribution >= 4 is 27.5 Å². The predicted octanol–water partition coefficient (Wildman–Crippen LogP) is 1.61. The minimum atomic E-state index is -0.225. The lowest BCUT2D eigenvalue weighted by molar-refractivity contribution is -0.119. The molecule has 0 saturated heterocycles. The number of anilines is 1. The smallest absolute Gasteiger partial charge is 0.250 e. The molecule has 6 nitrogen and oxygen atoms in total. The highest BCUT2D eigenvalue weighted by atomic mass is 79.9. The van der Waals surface area contributed by atoms with Crippen molar-refractivity contribution in [3.05, 3.63) is 35.3 Å². The van der Waals surface area contributed by atoms with Crippen molar-refractivity contribution in [2.24, 2.45) is 0 Å². The maximum Gasteiger partial charge on any atom is 0.250 e. The van der Waals surface area contributed by atoms with Gasteiger partial charge in [-0.3, -0.25) is 4.79 Å². The zero-order valence-electron chi connectivity index (χ0n) is 9.63. The van der Waals surface area contributed by atoms with E-state index in [9.17, 15) is 4.79 Å². The standard InChI is InChI=1S/C11H11BrN4O2/c1-18-5-11(17)15-9-4-8(12)2-3-10(9)16-7-13-6-14-16/h2-4,6-7H,5H2,1H3,(H,15,17). The van der Waals surface area contributed by atoms with Gasteiger partial charge in [0.1, 0.15) is 19.3 Å². The van der Waals surface area contributed by atoms with Crippen molar-refractivity contribution in [1.29, 1.82) is 0 Å². The minimum absolute atomic E-state index is 0.00328. The molecule has 0 saturated carbocycles. The van der Waals surface area contributed by atoms with Gasteiger partial charge in [0.2, 0.25) is 5.91 Å². The number of carbonyl (C=O) groups is 1. The Labute approximate surface area is 112 Å². The summed E-state index contributed by atoms with van der Waals surface area (Å²) in [7, 11) is 1.47. The molecule has 1 N–H and O–H groups in total. The molecular formula is C11H11BrN4O2. The van der Waals surface area contributed by atoms with E-state index in [1.807, 2.05) is 12.1 Å². The van der Waals surface area contributed by atoms with Gasteiger partial charge in [0.15, 0.2) is 0 Å². The molecule has 0 fully saturated rings. The highest BCUT2D eigenvalue weighted by molar-refractivity contribution is 9.10. The van der Waals surface area contributed by atoms with Gasteiger partial charge in [0.25, 0.3) is 0 Å². The molecule has 2 rings (SSSR count). The summed E-state index contributed by atoms with van der Waals surface area (Å²) in [5, 5.41) is 6.80. The van der Waals surface area contributed by atoms with Gasteiger partial charge in [0, 0.05) is 11.6 Å². The maximum atomic E-state index is 11.5. The number of aromatic nitrogens is 3. The third kappa shape index (κ3) is 2.93. The molecular weight excluding hydrogens is 300 g/mol. The van der Waals surface area contributed by atoms with E-state index in [2.05, 4.69) is 31.3 Å². The van der Waals surface area contributed by atoms with E-state index in [0.29, 0.717) is 5.69 Å². The van der Waals surface area contributed by atoms with Crippen molar-refractivity contribution in [1.82, 2.24) is 14.8 Å². The Morgan fingerprint density at radius 1 is 1.56 bits per heavy atom. The highest BCUT2D eigenvalue weighted by Crippen LogP contribution is 2.24. The largest absolute Gasteiger partial charge is 0.375 e. The molecule has 1 aromatic carbocycles. The number of methoxy groups -OCH3 is 1. The molecule has 94 valence electrons. The molecule has 0 radical (unpaired) electrons. The van der Waals surface area contributed by atoms with E-state index in [-0.39, 0.29) is 12.5 Å². The van der Waals surface area contributed by atoms with Gasteiger partial charge in [-0.15, -0.1) is 0 Å². The SMILES string of the molecule is COCC(=O)Nc1cc(Br)ccc1-n1cncn1. The van der Waals surface area contributed by atoms with Gasteiger partial charge in [0.05, 0.1) is 11.4 Å².